The second-order valence-electron chi connectivity index (χ2n) is 9.05. The Morgan fingerprint density at radius 1 is 0.588 bits per heavy atom. The lowest BCUT2D eigenvalue weighted by Crippen LogP contribution is -1.88. The number of fused-ring (bicyclic) bond motifs is 12. The molecule has 156 valence electrons. The lowest BCUT2D eigenvalue weighted by molar-refractivity contribution is 0.669. The molecule has 0 saturated heterocycles. The van der Waals surface area contributed by atoms with E-state index in [0.717, 1.165) is 49.7 Å². The molecule has 0 aliphatic carbocycles. The summed E-state index contributed by atoms with van der Waals surface area (Å²) >= 11 is 0. The van der Waals surface area contributed by atoms with Gasteiger partial charge in [-0.3, -0.25) is 4.40 Å². The second-order valence-corrected chi connectivity index (χ2v) is 9.05. The highest BCUT2D eigenvalue weighted by Crippen LogP contribution is 2.42. The van der Waals surface area contributed by atoms with Gasteiger partial charge in [0.15, 0.2) is 5.65 Å². The first-order valence-corrected chi connectivity index (χ1v) is 11.4. The summed E-state index contributed by atoms with van der Waals surface area (Å²) < 4.78 is 8.65. The monoisotopic (exact) mass is 433 g/mol. The van der Waals surface area contributed by atoms with Crippen molar-refractivity contribution in [3.8, 4) is 0 Å². The highest BCUT2D eigenvalue weighted by atomic mass is 16.3. The van der Waals surface area contributed by atoms with Gasteiger partial charge in [-0.15, -0.1) is 0 Å². The van der Waals surface area contributed by atoms with E-state index >= 15 is 0 Å². The predicted molar refractivity (Wildman–Crippen MR) is 139 cm³/mol. The Morgan fingerprint density at radius 2 is 1.38 bits per heavy atom. The summed E-state index contributed by atoms with van der Waals surface area (Å²) in [7, 11) is 0. The number of aromatic nitrogens is 3. The molecule has 0 unspecified atom stereocenters. The van der Waals surface area contributed by atoms with E-state index in [4.69, 9.17) is 14.4 Å². The first-order chi connectivity index (χ1) is 16.8. The SMILES string of the molecule is c1ccc2c(c1)ccc1oc3cc4c(cc3c12)c1cccc2c3nc5ccccc5nc3n4c12. The van der Waals surface area contributed by atoms with Crippen LogP contribution < -0.4 is 0 Å². The first-order valence-electron chi connectivity index (χ1n) is 11.4. The summed E-state index contributed by atoms with van der Waals surface area (Å²) in [5, 5.41) is 8.32. The van der Waals surface area contributed by atoms with E-state index < -0.39 is 0 Å². The largest absolute Gasteiger partial charge is 0.456 e. The van der Waals surface area contributed by atoms with Gasteiger partial charge in [0.05, 0.1) is 22.1 Å². The molecule has 0 saturated carbocycles. The lowest BCUT2D eigenvalue weighted by Gasteiger charge is -2.01. The van der Waals surface area contributed by atoms with Crippen LogP contribution in [0.5, 0.6) is 0 Å². The van der Waals surface area contributed by atoms with Gasteiger partial charge < -0.3 is 4.42 Å². The number of benzene rings is 5. The van der Waals surface area contributed by atoms with E-state index in [9.17, 15) is 0 Å². The van der Waals surface area contributed by atoms with Gasteiger partial charge >= 0.3 is 0 Å². The molecule has 0 radical (unpaired) electrons. The molecular formula is C30H15N3O. The topological polar surface area (TPSA) is 43.3 Å². The van der Waals surface area contributed by atoms with Crippen molar-refractivity contribution >= 4 is 82.1 Å². The smallest absolute Gasteiger partial charge is 0.165 e. The minimum Gasteiger partial charge on any atom is -0.456 e. The minimum absolute atomic E-state index is 0.890. The maximum absolute atomic E-state index is 6.39. The Bertz CT molecular complexity index is 2290. The van der Waals surface area contributed by atoms with Crippen molar-refractivity contribution in [1.29, 1.82) is 0 Å². The zero-order valence-corrected chi connectivity index (χ0v) is 17.9. The van der Waals surface area contributed by atoms with E-state index in [-0.39, 0.29) is 0 Å². The van der Waals surface area contributed by atoms with Crippen LogP contribution in [0.3, 0.4) is 0 Å². The van der Waals surface area contributed by atoms with Crippen molar-refractivity contribution in [2.24, 2.45) is 0 Å². The van der Waals surface area contributed by atoms with Gasteiger partial charge in [0.2, 0.25) is 0 Å². The van der Waals surface area contributed by atoms with E-state index in [1.165, 1.54) is 32.4 Å². The molecule has 4 aromatic heterocycles. The van der Waals surface area contributed by atoms with E-state index in [0.29, 0.717) is 0 Å². The highest BCUT2D eigenvalue weighted by Gasteiger charge is 2.21. The van der Waals surface area contributed by atoms with Crippen molar-refractivity contribution in [2.45, 2.75) is 0 Å². The van der Waals surface area contributed by atoms with Crippen LogP contribution in [0.4, 0.5) is 0 Å². The molecule has 4 heteroatoms. The van der Waals surface area contributed by atoms with Gasteiger partial charge in [0, 0.05) is 33.0 Å². The molecule has 0 N–H and O–H groups in total. The van der Waals surface area contributed by atoms with E-state index in [1.54, 1.807) is 0 Å². The average molecular weight is 433 g/mol. The summed E-state index contributed by atoms with van der Waals surface area (Å²) in [4.78, 5) is 10.1. The van der Waals surface area contributed by atoms with Crippen LogP contribution in [0.25, 0.3) is 82.1 Å². The molecule has 0 fully saturated rings. The number of hydrogen-bond donors (Lipinski definition) is 0. The number of hydrogen-bond acceptors (Lipinski definition) is 3. The van der Waals surface area contributed by atoms with Crippen molar-refractivity contribution in [1.82, 2.24) is 14.4 Å². The Kier molecular flexibility index (Phi) is 2.78. The zero-order chi connectivity index (χ0) is 22.0. The molecule has 5 aromatic carbocycles. The van der Waals surface area contributed by atoms with E-state index in [2.05, 4.69) is 71.1 Å². The van der Waals surface area contributed by atoms with Crippen molar-refractivity contribution in [3.05, 3.63) is 91.0 Å². The summed E-state index contributed by atoms with van der Waals surface area (Å²) in [6.45, 7) is 0. The summed E-state index contributed by atoms with van der Waals surface area (Å²) in [6.07, 6.45) is 0. The van der Waals surface area contributed by atoms with E-state index in [1.807, 2.05) is 24.3 Å². The van der Waals surface area contributed by atoms with Gasteiger partial charge in [0.25, 0.3) is 0 Å². The molecule has 0 aliphatic heterocycles. The fraction of sp³-hybridized carbons (Fsp3) is 0. The number of nitrogens with zero attached hydrogens (tertiary/aromatic N) is 3. The molecule has 34 heavy (non-hydrogen) atoms. The molecule has 9 aromatic rings. The Hall–Kier alpha value is -4.70. The quantitative estimate of drug-likeness (QED) is 0.245. The normalized spacial score (nSPS) is 12.7. The maximum Gasteiger partial charge on any atom is 0.165 e. The third-order valence-corrected chi connectivity index (χ3v) is 7.29. The Labute approximate surface area is 192 Å². The predicted octanol–water partition coefficient (Wildman–Crippen LogP) is 7.83. The third kappa shape index (κ3) is 1.88. The van der Waals surface area contributed by atoms with Crippen LogP contribution in [0.2, 0.25) is 0 Å². The molecule has 0 amide bonds. The molecule has 0 atom stereocenters. The lowest BCUT2D eigenvalue weighted by atomic mass is 10.0. The maximum atomic E-state index is 6.39. The molecular weight excluding hydrogens is 418 g/mol. The van der Waals surface area contributed by atoms with Crippen molar-refractivity contribution in [2.75, 3.05) is 0 Å². The standard InChI is InChI=1S/C30H15N3O/c1-2-7-17-16(6-1)12-13-25-27(17)21-14-20-18-8-5-9-19-28-30(32-23-11-4-3-10-22(23)31-28)33(29(18)19)24(20)15-26(21)34-25/h1-15H. The fourth-order valence-corrected chi connectivity index (χ4v) is 5.84. The summed E-state index contributed by atoms with van der Waals surface area (Å²) in [6, 6.07) is 31.7. The third-order valence-electron chi connectivity index (χ3n) is 7.29. The zero-order valence-electron chi connectivity index (χ0n) is 17.9. The van der Waals surface area contributed by atoms with Gasteiger partial charge in [-0.2, -0.15) is 0 Å². The second kappa shape index (κ2) is 5.61. The number of para-hydroxylation sites is 3. The van der Waals surface area contributed by atoms with Gasteiger partial charge in [-0.25, -0.2) is 9.97 Å². The first kappa shape index (κ1) is 16.9. The van der Waals surface area contributed by atoms with Crippen LogP contribution in [0, 0.1) is 0 Å². The number of rotatable bonds is 0. The van der Waals surface area contributed by atoms with Gasteiger partial charge in [-0.1, -0.05) is 60.7 Å². The van der Waals surface area contributed by atoms with Crippen LogP contribution in [0.15, 0.2) is 95.4 Å². The highest BCUT2D eigenvalue weighted by molar-refractivity contribution is 6.27. The Balaban J connectivity index is 1.54. The summed E-state index contributed by atoms with van der Waals surface area (Å²) in [5.41, 5.74) is 7.73. The Morgan fingerprint density at radius 3 is 2.32 bits per heavy atom. The fourth-order valence-electron chi connectivity index (χ4n) is 5.84. The number of furan rings is 1. The average Bonchev–Trinajstić information content (AvgIpc) is 3.52. The van der Waals surface area contributed by atoms with Crippen LogP contribution >= 0.6 is 0 Å². The molecule has 0 aliphatic rings. The van der Waals surface area contributed by atoms with Gasteiger partial charge in [-0.05, 0) is 35.0 Å². The van der Waals surface area contributed by atoms with Crippen molar-refractivity contribution < 1.29 is 4.42 Å². The molecule has 9 rings (SSSR count). The van der Waals surface area contributed by atoms with Crippen LogP contribution in [0.1, 0.15) is 0 Å². The summed E-state index contributed by atoms with van der Waals surface area (Å²) in [5.74, 6) is 0. The van der Waals surface area contributed by atoms with Gasteiger partial charge in [0.1, 0.15) is 16.7 Å². The van der Waals surface area contributed by atoms with Crippen LogP contribution in [-0.2, 0) is 0 Å². The molecule has 0 bridgehead atoms. The molecule has 4 nitrogen and oxygen atoms in total. The molecule has 4 heterocycles. The van der Waals surface area contributed by atoms with Crippen molar-refractivity contribution in [3.63, 3.8) is 0 Å². The minimum atomic E-state index is 0.890. The molecule has 0 spiro atoms. The van der Waals surface area contributed by atoms with Crippen LogP contribution in [-0.4, -0.2) is 14.4 Å².